The van der Waals surface area contributed by atoms with Crippen LogP contribution in [0.4, 0.5) is 0 Å². The highest BCUT2D eigenvalue weighted by molar-refractivity contribution is 5.87. The zero-order valence-corrected chi connectivity index (χ0v) is 10.3. The molecule has 0 spiro atoms. The predicted octanol–water partition coefficient (Wildman–Crippen LogP) is 3.32. The van der Waals surface area contributed by atoms with E-state index in [1.54, 1.807) is 7.11 Å². The van der Waals surface area contributed by atoms with Crippen LogP contribution < -0.4 is 4.74 Å². The van der Waals surface area contributed by atoms with E-state index >= 15 is 0 Å². The fourth-order valence-electron chi connectivity index (χ4n) is 2.05. The van der Waals surface area contributed by atoms with Gasteiger partial charge in [-0.3, -0.25) is 0 Å². The predicted molar refractivity (Wildman–Crippen MR) is 66.0 cm³/mol. The zero-order valence-electron chi connectivity index (χ0n) is 10.3. The van der Waals surface area contributed by atoms with Crippen LogP contribution in [0.15, 0.2) is 18.5 Å². The van der Waals surface area contributed by atoms with Gasteiger partial charge >= 0.3 is 0 Å². The van der Waals surface area contributed by atoms with Gasteiger partial charge in [-0.05, 0) is 31.9 Å². The van der Waals surface area contributed by atoms with Gasteiger partial charge in [-0.1, -0.05) is 6.92 Å². The van der Waals surface area contributed by atoms with E-state index in [0.717, 1.165) is 11.8 Å². The Hall–Kier alpha value is -1.51. The lowest BCUT2D eigenvalue weighted by Gasteiger charge is -2.14. The first kappa shape index (κ1) is 11.0. The van der Waals surface area contributed by atoms with Crippen molar-refractivity contribution in [2.45, 2.75) is 33.2 Å². The Balaban J connectivity index is 2.70. The summed E-state index contributed by atoms with van der Waals surface area (Å²) in [4.78, 5) is 4.29. The molecule has 86 valence electrons. The van der Waals surface area contributed by atoms with Crippen molar-refractivity contribution in [1.82, 2.24) is 9.55 Å². The Labute approximate surface area is 96.1 Å². The highest BCUT2D eigenvalue weighted by Gasteiger charge is 2.12. The summed E-state index contributed by atoms with van der Waals surface area (Å²) in [5, 5.41) is 1.10. The van der Waals surface area contributed by atoms with Crippen molar-refractivity contribution in [2.75, 3.05) is 7.11 Å². The van der Waals surface area contributed by atoms with Gasteiger partial charge in [0.1, 0.15) is 0 Å². The topological polar surface area (TPSA) is 27.1 Å². The number of rotatable bonds is 3. The molecule has 0 aliphatic carbocycles. The average molecular weight is 218 g/mol. The monoisotopic (exact) mass is 218 g/mol. The summed E-state index contributed by atoms with van der Waals surface area (Å²) in [6, 6.07) is 2.59. The molecule has 0 aromatic carbocycles. The molecule has 0 radical (unpaired) electrons. The van der Waals surface area contributed by atoms with Crippen molar-refractivity contribution in [2.24, 2.45) is 0 Å². The fraction of sp³-hybridized carbons (Fsp3) is 0.462. The number of methoxy groups -OCH3 is 1. The second-order valence-corrected chi connectivity index (χ2v) is 4.19. The van der Waals surface area contributed by atoms with Crippen LogP contribution in [0.3, 0.4) is 0 Å². The molecule has 0 N–H and O–H groups in total. The molecule has 0 saturated heterocycles. The SMILES string of the molecule is CCC(C)n1ccc2c(OC)ncc(C)c21. The van der Waals surface area contributed by atoms with Crippen molar-refractivity contribution < 1.29 is 4.74 Å². The number of aryl methyl sites for hydroxylation is 1. The average Bonchev–Trinajstić information content (AvgIpc) is 2.74. The summed E-state index contributed by atoms with van der Waals surface area (Å²) < 4.78 is 7.59. The number of ether oxygens (including phenoxy) is 1. The van der Waals surface area contributed by atoms with Crippen molar-refractivity contribution in [3.8, 4) is 5.88 Å². The molecule has 1 unspecified atom stereocenters. The van der Waals surface area contributed by atoms with E-state index in [9.17, 15) is 0 Å². The van der Waals surface area contributed by atoms with Gasteiger partial charge in [0.2, 0.25) is 5.88 Å². The molecule has 2 aromatic rings. The third kappa shape index (κ3) is 1.56. The molecule has 0 bridgehead atoms. The van der Waals surface area contributed by atoms with Gasteiger partial charge in [-0.25, -0.2) is 4.98 Å². The van der Waals surface area contributed by atoms with E-state index in [-0.39, 0.29) is 0 Å². The summed E-state index contributed by atoms with van der Waals surface area (Å²) >= 11 is 0. The Morgan fingerprint density at radius 3 is 2.88 bits per heavy atom. The lowest BCUT2D eigenvalue weighted by Crippen LogP contribution is -2.03. The molecule has 2 aromatic heterocycles. The Morgan fingerprint density at radius 2 is 2.25 bits per heavy atom. The molecule has 2 heterocycles. The van der Waals surface area contributed by atoms with Crippen molar-refractivity contribution in [1.29, 1.82) is 0 Å². The maximum absolute atomic E-state index is 5.28. The van der Waals surface area contributed by atoms with Gasteiger partial charge in [-0.2, -0.15) is 0 Å². The zero-order chi connectivity index (χ0) is 11.7. The van der Waals surface area contributed by atoms with Crippen LogP contribution in [0, 0.1) is 6.92 Å². The molecule has 2 rings (SSSR count). The third-order valence-corrected chi connectivity index (χ3v) is 3.15. The molecule has 0 saturated carbocycles. The van der Waals surface area contributed by atoms with Crippen LogP contribution >= 0.6 is 0 Å². The normalized spacial score (nSPS) is 13.0. The molecule has 16 heavy (non-hydrogen) atoms. The van der Waals surface area contributed by atoms with Gasteiger partial charge in [-0.15, -0.1) is 0 Å². The van der Waals surface area contributed by atoms with Crippen molar-refractivity contribution >= 4 is 10.9 Å². The minimum Gasteiger partial charge on any atom is -0.481 e. The summed E-state index contributed by atoms with van der Waals surface area (Å²) in [6.45, 7) is 6.52. The summed E-state index contributed by atoms with van der Waals surface area (Å²) in [5.74, 6) is 0.711. The Morgan fingerprint density at radius 1 is 1.50 bits per heavy atom. The quantitative estimate of drug-likeness (QED) is 0.790. The van der Waals surface area contributed by atoms with Gasteiger partial charge in [0.05, 0.1) is 18.0 Å². The molecule has 0 aliphatic heterocycles. The van der Waals surface area contributed by atoms with E-state index in [4.69, 9.17) is 4.74 Å². The van der Waals surface area contributed by atoms with Crippen LogP contribution in [0.2, 0.25) is 0 Å². The van der Waals surface area contributed by atoms with E-state index in [1.807, 2.05) is 6.20 Å². The van der Waals surface area contributed by atoms with E-state index in [0.29, 0.717) is 11.9 Å². The maximum atomic E-state index is 5.28. The molecule has 0 aliphatic rings. The number of fused-ring (bicyclic) bond motifs is 1. The second kappa shape index (κ2) is 4.16. The number of hydrogen-bond acceptors (Lipinski definition) is 2. The summed E-state index contributed by atoms with van der Waals surface area (Å²) in [5.41, 5.74) is 2.43. The minimum absolute atomic E-state index is 0.503. The van der Waals surface area contributed by atoms with Crippen LogP contribution in [-0.2, 0) is 0 Å². The van der Waals surface area contributed by atoms with E-state index < -0.39 is 0 Å². The second-order valence-electron chi connectivity index (χ2n) is 4.19. The standard InChI is InChI=1S/C13H18N2O/c1-5-10(3)15-7-6-11-12(15)9(2)8-14-13(11)16-4/h6-8,10H,5H2,1-4H3. The molecule has 3 nitrogen and oxygen atoms in total. The first-order chi connectivity index (χ1) is 7.69. The maximum Gasteiger partial charge on any atom is 0.222 e. The first-order valence-electron chi connectivity index (χ1n) is 5.69. The lowest BCUT2D eigenvalue weighted by atomic mass is 10.2. The van der Waals surface area contributed by atoms with Crippen LogP contribution in [0.5, 0.6) is 5.88 Å². The molecular formula is C13H18N2O. The molecule has 3 heteroatoms. The minimum atomic E-state index is 0.503. The Bertz CT molecular complexity index is 502. The van der Waals surface area contributed by atoms with Crippen LogP contribution in [0.1, 0.15) is 31.9 Å². The highest BCUT2D eigenvalue weighted by atomic mass is 16.5. The van der Waals surface area contributed by atoms with Crippen molar-refractivity contribution in [3.63, 3.8) is 0 Å². The van der Waals surface area contributed by atoms with Gasteiger partial charge in [0.15, 0.2) is 0 Å². The van der Waals surface area contributed by atoms with E-state index in [2.05, 4.69) is 42.6 Å². The van der Waals surface area contributed by atoms with Gasteiger partial charge in [0.25, 0.3) is 0 Å². The summed E-state index contributed by atoms with van der Waals surface area (Å²) in [7, 11) is 1.66. The number of aromatic nitrogens is 2. The molecule has 0 amide bonds. The summed E-state index contributed by atoms with van der Waals surface area (Å²) in [6.07, 6.45) is 5.12. The Kier molecular flexibility index (Phi) is 2.86. The fourth-order valence-corrected chi connectivity index (χ4v) is 2.05. The molecule has 0 fully saturated rings. The van der Waals surface area contributed by atoms with Gasteiger partial charge < -0.3 is 9.30 Å². The van der Waals surface area contributed by atoms with Crippen molar-refractivity contribution in [3.05, 3.63) is 24.0 Å². The van der Waals surface area contributed by atoms with Gasteiger partial charge in [0, 0.05) is 18.4 Å². The largest absolute Gasteiger partial charge is 0.481 e. The number of pyridine rings is 1. The lowest BCUT2D eigenvalue weighted by molar-refractivity contribution is 0.403. The smallest absolute Gasteiger partial charge is 0.222 e. The molecular weight excluding hydrogens is 200 g/mol. The number of hydrogen-bond donors (Lipinski definition) is 0. The van der Waals surface area contributed by atoms with Crippen LogP contribution in [-0.4, -0.2) is 16.7 Å². The van der Waals surface area contributed by atoms with Crippen LogP contribution in [0.25, 0.3) is 10.9 Å². The highest BCUT2D eigenvalue weighted by Crippen LogP contribution is 2.29. The molecule has 1 atom stereocenters. The van der Waals surface area contributed by atoms with E-state index in [1.165, 1.54) is 11.1 Å². The third-order valence-electron chi connectivity index (χ3n) is 3.15. The number of nitrogens with zero attached hydrogens (tertiary/aromatic N) is 2. The first-order valence-corrected chi connectivity index (χ1v) is 5.69.